The monoisotopic (exact) mass is 212 g/mol. The van der Waals surface area contributed by atoms with E-state index >= 15 is 0 Å². The molecule has 0 radical (unpaired) electrons. The van der Waals surface area contributed by atoms with Crippen molar-refractivity contribution in [1.29, 1.82) is 0 Å². The number of hydrogen-bond donors (Lipinski definition) is 1. The van der Waals surface area contributed by atoms with Gasteiger partial charge >= 0.3 is 63.3 Å². The first-order valence-corrected chi connectivity index (χ1v) is 3.43. The van der Waals surface area contributed by atoms with Crippen LogP contribution in [0.25, 0.3) is 0 Å². The van der Waals surface area contributed by atoms with E-state index in [1.807, 2.05) is 0 Å². The quantitative estimate of drug-likeness (QED) is 0.371. The van der Waals surface area contributed by atoms with Crippen LogP contribution < -0.4 is 0 Å². The second kappa shape index (κ2) is 5.76. The van der Waals surface area contributed by atoms with E-state index in [-0.39, 0.29) is 70.4 Å². The number of rotatable bonds is 2. The van der Waals surface area contributed by atoms with Gasteiger partial charge in [-0.05, 0) is 6.92 Å². The number of carbonyl (C=O) groups is 2. The molecule has 1 rings (SSSR count). The Balaban J connectivity index is 0.00000144. The van der Waals surface area contributed by atoms with Crippen molar-refractivity contribution >= 4 is 63.3 Å². The van der Waals surface area contributed by atoms with Crippen LogP contribution in [-0.4, -0.2) is 81.6 Å². The van der Waals surface area contributed by atoms with E-state index in [0.29, 0.717) is 0 Å². The zero-order valence-electron chi connectivity index (χ0n) is 6.49. The van der Waals surface area contributed by atoms with Crippen molar-refractivity contribution in [2.45, 2.75) is 6.92 Å². The van der Waals surface area contributed by atoms with Crippen molar-refractivity contribution in [2.24, 2.45) is 0 Å². The van der Waals surface area contributed by atoms with E-state index in [9.17, 15) is 9.59 Å². The Morgan fingerprint density at radius 1 is 1.69 bits per heavy atom. The van der Waals surface area contributed by atoms with E-state index in [2.05, 4.69) is 9.47 Å². The molecule has 0 fully saturated rings. The Labute approximate surface area is 118 Å². The SMILES string of the molecule is CCOC(=O)C1=C(O)COC1=O.[KH]. The molecule has 1 aliphatic heterocycles. The molecule has 68 valence electrons. The molecular weight excluding hydrogens is 203 g/mol. The van der Waals surface area contributed by atoms with E-state index in [1.54, 1.807) is 6.92 Å². The molecule has 13 heavy (non-hydrogen) atoms. The third kappa shape index (κ3) is 3.06. The molecule has 0 saturated heterocycles. The molecule has 0 aromatic rings. The molecule has 0 bridgehead atoms. The maximum absolute atomic E-state index is 10.9. The molecule has 0 saturated carbocycles. The normalized spacial score (nSPS) is 15.0. The first kappa shape index (κ1) is 13.1. The Hall–Kier alpha value is 0.116. The van der Waals surface area contributed by atoms with Crippen LogP contribution in [0.3, 0.4) is 0 Å². The summed E-state index contributed by atoms with van der Waals surface area (Å²) < 4.78 is 8.89. The van der Waals surface area contributed by atoms with Crippen LogP contribution in [0.4, 0.5) is 0 Å². The Kier molecular flexibility index (Phi) is 5.82. The summed E-state index contributed by atoms with van der Waals surface area (Å²) in [5, 5.41) is 8.99. The topological polar surface area (TPSA) is 72.8 Å². The Bertz CT molecular complexity index is 258. The summed E-state index contributed by atoms with van der Waals surface area (Å²) in [7, 11) is 0. The Morgan fingerprint density at radius 3 is 2.69 bits per heavy atom. The number of esters is 2. The standard InChI is InChI=1S/C7H8O5.K.H/c1-2-11-6(9)5-4(8)3-12-7(5)10;;/h8H,2-3H2,1H3;;. The first-order chi connectivity index (χ1) is 5.66. The number of aliphatic hydroxyl groups excluding tert-OH is 1. The fourth-order valence-corrected chi connectivity index (χ4v) is 0.800. The van der Waals surface area contributed by atoms with Crippen molar-refractivity contribution in [3.8, 4) is 0 Å². The summed E-state index contributed by atoms with van der Waals surface area (Å²) in [6, 6.07) is 0. The molecular formula is C7H9KO5. The molecule has 0 aromatic carbocycles. The van der Waals surface area contributed by atoms with E-state index in [4.69, 9.17) is 5.11 Å². The predicted octanol–water partition coefficient (Wildman–Crippen LogP) is -0.730. The molecule has 6 heteroatoms. The van der Waals surface area contributed by atoms with Crippen LogP contribution in [0.15, 0.2) is 11.3 Å². The Morgan fingerprint density at radius 2 is 2.31 bits per heavy atom. The van der Waals surface area contributed by atoms with Gasteiger partial charge in [-0.15, -0.1) is 0 Å². The molecule has 1 aliphatic rings. The van der Waals surface area contributed by atoms with E-state index in [0.717, 1.165) is 0 Å². The fraction of sp³-hybridized carbons (Fsp3) is 0.429. The van der Waals surface area contributed by atoms with Gasteiger partial charge in [-0.25, -0.2) is 9.59 Å². The van der Waals surface area contributed by atoms with Crippen LogP contribution in [0, 0.1) is 0 Å². The number of ether oxygens (including phenoxy) is 2. The van der Waals surface area contributed by atoms with Gasteiger partial charge in [0.25, 0.3) is 0 Å². The maximum atomic E-state index is 10.9. The van der Waals surface area contributed by atoms with Gasteiger partial charge < -0.3 is 14.6 Å². The second-order valence-corrected chi connectivity index (χ2v) is 2.12. The number of aliphatic hydroxyl groups is 1. The third-order valence-corrected chi connectivity index (χ3v) is 1.31. The van der Waals surface area contributed by atoms with Gasteiger partial charge in [0.1, 0.15) is 6.61 Å². The number of hydrogen-bond acceptors (Lipinski definition) is 5. The van der Waals surface area contributed by atoms with Crippen molar-refractivity contribution in [1.82, 2.24) is 0 Å². The van der Waals surface area contributed by atoms with Crippen LogP contribution in [0.5, 0.6) is 0 Å². The van der Waals surface area contributed by atoms with Gasteiger partial charge in [-0.1, -0.05) is 0 Å². The van der Waals surface area contributed by atoms with Crippen molar-refractivity contribution < 1.29 is 24.2 Å². The minimum absolute atomic E-state index is 0. The third-order valence-electron chi connectivity index (χ3n) is 1.31. The first-order valence-electron chi connectivity index (χ1n) is 3.43. The van der Waals surface area contributed by atoms with E-state index < -0.39 is 17.5 Å². The molecule has 5 nitrogen and oxygen atoms in total. The zero-order valence-corrected chi connectivity index (χ0v) is 6.49. The van der Waals surface area contributed by atoms with Crippen molar-refractivity contribution in [3.63, 3.8) is 0 Å². The molecule has 0 spiro atoms. The summed E-state index contributed by atoms with van der Waals surface area (Å²) in [6.07, 6.45) is 0. The van der Waals surface area contributed by atoms with Gasteiger partial charge in [0.05, 0.1) is 6.61 Å². The van der Waals surface area contributed by atoms with Gasteiger partial charge in [0.2, 0.25) is 0 Å². The molecule has 0 amide bonds. The van der Waals surface area contributed by atoms with Gasteiger partial charge in [-0.3, -0.25) is 0 Å². The van der Waals surface area contributed by atoms with E-state index in [1.165, 1.54) is 0 Å². The van der Waals surface area contributed by atoms with Gasteiger partial charge in [0, 0.05) is 0 Å². The average molecular weight is 212 g/mol. The summed E-state index contributed by atoms with van der Waals surface area (Å²) in [4.78, 5) is 21.7. The van der Waals surface area contributed by atoms with Crippen LogP contribution >= 0.6 is 0 Å². The zero-order chi connectivity index (χ0) is 9.14. The van der Waals surface area contributed by atoms with Crippen molar-refractivity contribution in [3.05, 3.63) is 11.3 Å². The van der Waals surface area contributed by atoms with Gasteiger partial charge in [0.15, 0.2) is 11.3 Å². The molecule has 0 aliphatic carbocycles. The number of cyclic esters (lactones) is 1. The molecule has 1 heterocycles. The molecule has 0 aromatic heterocycles. The fourth-order valence-electron chi connectivity index (χ4n) is 0.800. The average Bonchev–Trinajstić information content (AvgIpc) is 2.32. The summed E-state index contributed by atoms with van der Waals surface area (Å²) >= 11 is 0. The summed E-state index contributed by atoms with van der Waals surface area (Å²) in [5.41, 5.74) is -0.392. The molecule has 0 atom stereocenters. The molecule has 1 N–H and O–H groups in total. The second-order valence-electron chi connectivity index (χ2n) is 2.12. The van der Waals surface area contributed by atoms with Crippen molar-refractivity contribution in [2.75, 3.05) is 13.2 Å². The van der Waals surface area contributed by atoms with Crippen LogP contribution in [0.2, 0.25) is 0 Å². The van der Waals surface area contributed by atoms with Gasteiger partial charge in [-0.2, -0.15) is 0 Å². The predicted molar refractivity (Wildman–Crippen MR) is 44.4 cm³/mol. The minimum atomic E-state index is -0.836. The molecule has 0 unspecified atom stereocenters. The summed E-state index contributed by atoms with van der Waals surface area (Å²) in [5.74, 6) is -2.03. The van der Waals surface area contributed by atoms with Crippen LogP contribution in [0.1, 0.15) is 6.92 Å². The number of carbonyl (C=O) groups excluding carboxylic acids is 2. The van der Waals surface area contributed by atoms with Crippen LogP contribution in [-0.2, 0) is 19.1 Å². The summed E-state index contributed by atoms with van der Waals surface area (Å²) in [6.45, 7) is 1.52.